The first-order valence-corrected chi connectivity index (χ1v) is 8.55. The molecule has 4 nitrogen and oxygen atoms in total. The number of hydrogen-bond donors (Lipinski definition) is 2. The highest BCUT2D eigenvalue weighted by Gasteiger charge is 2.20. The zero-order valence-electron chi connectivity index (χ0n) is 14.2. The Labute approximate surface area is 155 Å². The van der Waals surface area contributed by atoms with Crippen LogP contribution in [0.2, 0.25) is 0 Å². The summed E-state index contributed by atoms with van der Waals surface area (Å²) in [7, 11) is 0. The SMILES string of the molecule is Cl.O=C(NCc1ccc(COc2ccccc2)cc1)C1CCNCC1. The molecule has 1 aliphatic rings. The van der Waals surface area contributed by atoms with Crippen LogP contribution < -0.4 is 15.4 Å². The molecule has 0 bridgehead atoms. The van der Waals surface area contributed by atoms with E-state index in [0.717, 1.165) is 42.8 Å². The van der Waals surface area contributed by atoms with Gasteiger partial charge in [0.05, 0.1) is 0 Å². The van der Waals surface area contributed by atoms with E-state index in [2.05, 4.69) is 22.8 Å². The van der Waals surface area contributed by atoms with Crippen LogP contribution in [0.4, 0.5) is 0 Å². The molecule has 0 radical (unpaired) electrons. The van der Waals surface area contributed by atoms with Crippen molar-refractivity contribution in [1.82, 2.24) is 10.6 Å². The van der Waals surface area contributed by atoms with Crippen molar-refractivity contribution in [3.8, 4) is 5.75 Å². The van der Waals surface area contributed by atoms with Gasteiger partial charge < -0.3 is 15.4 Å². The van der Waals surface area contributed by atoms with E-state index in [1.165, 1.54) is 0 Å². The van der Waals surface area contributed by atoms with Crippen LogP contribution >= 0.6 is 12.4 Å². The number of ether oxygens (including phenoxy) is 1. The van der Waals surface area contributed by atoms with E-state index in [0.29, 0.717) is 13.2 Å². The fourth-order valence-corrected chi connectivity index (χ4v) is 2.85. The van der Waals surface area contributed by atoms with E-state index >= 15 is 0 Å². The maximum absolute atomic E-state index is 12.1. The van der Waals surface area contributed by atoms with Crippen LogP contribution in [0.1, 0.15) is 24.0 Å². The van der Waals surface area contributed by atoms with Crippen molar-refractivity contribution < 1.29 is 9.53 Å². The Hall–Kier alpha value is -2.04. The molecule has 0 atom stereocenters. The lowest BCUT2D eigenvalue weighted by molar-refractivity contribution is -0.125. The van der Waals surface area contributed by atoms with E-state index in [1.807, 2.05) is 42.5 Å². The van der Waals surface area contributed by atoms with Crippen LogP contribution in [0.3, 0.4) is 0 Å². The Morgan fingerprint density at radius 2 is 1.64 bits per heavy atom. The van der Waals surface area contributed by atoms with Crippen molar-refractivity contribution in [3.05, 3.63) is 65.7 Å². The Bertz CT molecular complexity index is 641. The molecule has 1 amide bonds. The van der Waals surface area contributed by atoms with Gasteiger partial charge in [0, 0.05) is 12.5 Å². The first-order valence-electron chi connectivity index (χ1n) is 8.55. The van der Waals surface area contributed by atoms with Crippen LogP contribution in [-0.4, -0.2) is 19.0 Å². The van der Waals surface area contributed by atoms with Crippen LogP contribution in [0.5, 0.6) is 5.75 Å². The lowest BCUT2D eigenvalue weighted by Crippen LogP contribution is -2.37. The molecule has 2 aromatic rings. The predicted octanol–water partition coefficient (Wildman–Crippen LogP) is 3.30. The van der Waals surface area contributed by atoms with E-state index in [-0.39, 0.29) is 24.2 Å². The van der Waals surface area contributed by atoms with E-state index < -0.39 is 0 Å². The van der Waals surface area contributed by atoms with Crippen LogP contribution in [0.15, 0.2) is 54.6 Å². The second-order valence-electron chi connectivity index (χ2n) is 6.16. The van der Waals surface area contributed by atoms with Crippen molar-refractivity contribution >= 4 is 18.3 Å². The second-order valence-corrected chi connectivity index (χ2v) is 6.16. The van der Waals surface area contributed by atoms with Crippen molar-refractivity contribution in [2.45, 2.75) is 26.0 Å². The second kappa shape index (κ2) is 10.1. The molecule has 0 spiro atoms. The smallest absolute Gasteiger partial charge is 0.223 e. The zero-order chi connectivity index (χ0) is 16.6. The number of amides is 1. The largest absolute Gasteiger partial charge is 0.489 e. The molecule has 1 heterocycles. The number of benzene rings is 2. The minimum atomic E-state index is 0. The molecule has 1 aliphatic heterocycles. The van der Waals surface area contributed by atoms with E-state index in [4.69, 9.17) is 4.74 Å². The molecule has 2 N–H and O–H groups in total. The summed E-state index contributed by atoms with van der Waals surface area (Å²) in [6.45, 7) is 3.01. The van der Waals surface area contributed by atoms with Gasteiger partial charge in [-0.15, -0.1) is 12.4 Å². The van der Waals surface area contributed by atoms with Crippen molar-refractivity contribution in [3.63, 3.8) is 0 Å². The number of nitrogens with one attached hydrogen (secondary N) is 2. The van der Waals surface area contributed by atoms with Gasteiger partial charge in [-0.3, -0.25) is 4.79 Å². The molecule has 5 heteroatoms. The number of hydrogen-bond acceptors (Lipinski definition) is 3. The number of para-hydroxylation sites is 1. The molecule has 0 aliphatic carbocycles. The topological polar surface area (TPSA) is 50.4 Å². The highest BCUT2D eigenvalue weighted by Crippen LogP contribution is 2.14. The third kappa shape index (κ3) is 6.07. The third-order valence-corrected chi connectivity index (χ3v) is 4.35. The van der Waals surface area contributed by atoms with Gasteiger partial charge in [0.2, 0.25) is 5.91 Å². The van der Waals surface area contributed by atoms with Crippen LogP contribution in [0.25, 0.3) is 0 Å². The molecular formula is C20H25ClN2O2. The Balaban J connectivity index is 0.00000225. The lowest BCUT2D eigenvalue weighted by Gasteiger charge is -2.21. The van der Waals surface area contributed by atoms with Crippen molar-refractivity contribution in [2.75, 3.05) is 13.1 Å². The third-order valence-electron chi connectivity index (χ3n) is 4.35. The summed E-state index contributed by atoms with van der Waals surface area (Å²) < 4.78 is 5.73. The Morgan fingerprint density at radius 1 is 1.00 bits per heavy atom. The monoisotopic (exact) mass is 360 g/mol. The molecule has 1 saturated heterocycles. The number of rotatable bonds is 6. The average Bonchev–Trinajstić information content (AvgIpc) is 2.67. The lowest BCUT2D eigenvalue weighted by atomic mass is 9.97. The minimum absolute atomic E-state index is 0. The molecule has 3 rings (SSSR count). The Kier molecular flexibility index (Phi) is 7.76. The van der Waals surface area contributed by atoms with Gasteiger partial charge in [-0.1, -0.05) is 42.5 Å². The van der Waals surface area contributed by atoms with Gasteiger partial charge in [-0.05, 0) is 49.2 Å². The summed E-state index contributed by atoms with van der Waals surface area (Å²) in [6, 6.07) is 18.0. The van der Waals surface area contributed by atoms with Gasteiger partial charge in [0.1, 0.15) is 12.4 Å². The van der Waals surface area contributed by atoms with E-state index in [9.17, 15) is 4.79 Å². The molecule has 0 unspecified atom stereocenters. The summed E-state index contributed by atoms with van der Waals surface area (Å²) in [5.74, 6) is 1.20. The normalized spacial score (nSPS) is 14.4. The minimum Gasteiger partial charge on any atom is -0.489 e. The fourth-order valence-electron chi connectivity index (χ4n) is 2.85. The van der Waals surface area contributed by atoms with Gasteiger partial charge in [0.25, 0.3) is 0 Å². The first-order chi connectivity index (χ1) is 11.8. The molecular weight excluding hydrogens is 336 g/mol. The summed E-state index contributed by atoms with van der Waals surface area (Å²) in [6.07, 6.45) is 1.86. The summed E-state index contributed by atoms with van der Waals surface area (Å²) in [4.78, 5) is 12.1. The number of carbonyl (C=O) groups excluding carboxylic acids is 1. The van der Waals surface area contributed by atoms with Gasteiger partial charge in [0.15, 0.2) is 0 Å². The van der Waals surface area contributed by atoms with Gasteiger partial charge in [-0.2, -0.15) is 0 Å². The standard InChI is InChI=1S/C20H24N2O2.ClH/c23-20(18-10-12-21-13-11-18)22-14-16-6-8-17(9-7-16)15-24-19-4-2-1-3-5-19;/h1-9,18,21H,10-15H2,(H,22,23);1H. The highest BCUT2D eigenvalue weighted by molar-refractivity contribution is 5.85. The average molecular weight is 361 g/mol. The summed E-state index contributed by atoms with van der Waals surface area (Å²) in [5.41, 5.74) is 2.23. The molecule has 134 valence electrons. The summed E-state index contributed by atoms with van der Waals surface area (Å²) in [5, 5.41) is 6.33. The fraction of sp³-hybridized carbons (Fsp3) is 0.350. The quantitative estimate of drug-likeness (QED) is 0.831. The highest BCUT2D eigenvalue weighted by atomic mass is 35.5. The van der Waals surface area contributed by atoms with Gasteiger partial charge >= 0.3 is 0 Å². The summed E-state index contributed by atoms with van der Waals surface area (Å²) >= 11 is 0. The molecule has 0 saturated carbocycles. The van der Waals surface area contributed by atoms with Crippen LogP contribution in [-0.2, 0) is 17.9 Å². The number of carbonyl (C=O) groups is 1. The maximum Gasteiger partial charge on any atom is 0.223 e. The van der Waals surface area contributed by atoms with Crippen molar-refractivity contribution in [1.29, 1.82) is 0 Å². The van der Waals surface area contributed by atoms with Crippen molar-refractivity contribution in [2.24, 2.45) is 5.92 Å². The van der Waals surface area contributed by atoms with E-state index in [1.54, 1.807) is 0 Å². The van der Waals surface area contributed by atoms with Gasteiger partial charge in [-0.25, -0.2) is 0 Å². The molecule has 1 fully saturated rings. The number of piperidine rings is 1. The van der Waals surface area contributed by atoms with Crippen LogP contribution in [0, 0.1) is 5.92 Å². The predicted molar refractivity (Wildman–Crippen MR) is 102 cm³/mol. The maximum atomic E-state index is 12.1. The number of halogens is 1. The molecule has 0 aromatic heterocycles. The zero-order valence-corrected chi connectivity index (χ0v) is 15.1. The molecule has 2 aromatic carbocycles. The Morgan fingerprint density at radius 3 is 2.32 bits per heavy atom. The first kappa shape index (κ1) is 19.3. The molecule has 25 heavy (non-hydrogen) atoms.